The Morgan fingerprint density at radius 2 is 0.667 bits per heavy atom. The minimum absolute atomic E-state index is 0.542. The van der Waals surface area contributed by atoms with Gasteiger partial charge in [0.1, 0.15) is 45.8 Å². The Balaban J connectivity index is 0.840. The van der Waals surface area contributed by atoms with Crippen LogP contribution in [0.25, 0.3) is 90.2 Å². The number of pyridine rings is 2. The fourth-order valence-electron chi connectivity index (χ4n) is 10.3. The molecule has 6 heterocycles. The van der Waals surface area contributed by atoms with E-state index in [4.69, 9.17) is 48.9 Å². The fourth-order valence-corrected chi connectivity index (χ4v) is 10.3. The summed E-state index contributed by atoms with van der Waals surface area (Å²) >= 11 is 0. The lowest BCUT2D eigenvalue weighted by atomic mass is 10.0. The van der Waals surface area contributed by atoms with Crippen molar-refractivity contribution in [3.05, 3.63) is 180 Å². The minimum Gasteiger partial charge on any atom is -0.497 e. The maximum atomic E-state index is 5.61. The first-order chi connectivity index (χ1) is 36.8. The molecule has 0 fully saturated rings. The summed E-state index contributed by atoms with van der Waals surface area (Å²) in [6.07, 6.45) is 0.709. The van der Waals surface area contributed by atoms with Gasteiger partial charge in [-0.25, -0.2) is 29.9 Å². The van der Waals surface area contributed by atoms with Crippen LogP contribution in [-0.4, -0.2) is 76.6 Å². The van der Waals surface area contributed by atoms with Crippen molar-refractivity contribution in [1.29, 1.82) is 0 Å². The Bertz CT molecular complexity index is 3800. The van der Waals surface area contributed by atoms with E-state index in [-0.39, 0.29) is 0 Å². The molecule has 6 aromatic heterocycles. The van der Waals surface area contributed by atoms with Gasteiger partial charge in [-0.3, -0.25) is 0 Å². The van der Waals surface area contributed by atoms with Crippen molar-refractivity contribution in [2.75, 3.05) is 28.4 Å². The predicted molar refractivity (Wildman–Crippen MR) is 295 cm³/mol. The number of imidazole rings is 4. The molecule has 0 amide bonds. The largest absolute Gasteiger partial charge is 0.497 e. The summed E-state index contributed by atoms with van der Waals surface area (Å²) < 4.78 is 31.3. The monoisotopic (exact) mass is 990 g/mol. The molecule has 372 valence electrons. The van der Waals surface area contributed by atoms with Gasteiger partial charge < -0.3 is 37.2 Å². The molecule has 6 aromatic carbocycles. The number of ether oxygens (including phenoxy) is 4. The van der Waals surface area contributed by atoms with E-state index < -0.39 is 0 Å². The number of hydrogen-bond donors (Lipinski definition) is 0. The zero-order valence-electron chi connectivity index (χ0n) is 42.7. The van der Waals surface area contributed by atoms with Crippen LogP contribution >= 0.6 is 0 Å². The molecule has 0 saturated carbocycles. The van der Waals surface area contributed by atoms with Crippen molar-refractivity contribution < 1.29 is 18.9 Å². The molecular weight excluding hydrogens is 937 g/mol. The van der Waals surface area contributed by atoms with Gasteiger partial charge in [0.15, 0.2) is 23.3 Å². The summed E-state index contributed by atoms with van der Waals surface area (Å²) in [5, 5.41) is 0. The number of rotatable bonds is 16. The number of aryl methyl sites for hydroxylation is 2. The predicted octanol–water partition coefficient (Wildman–Crippen LogP) is 12.3. The first kappa shape index (κ1) is 46.8. The normalized spacial score (nSPS) is 11.6. The Labute approximate surface area is 433 Å². The van der Waals surface area contributed by atoms with Crippen LogP contribution in [0.2, 0.25) is 0 Å². The summed E-state index contributed by atoms with van der Waals surface area (Å²) in [7, 11) is 6.66. The van der Waals surface area contributed by atoms with E-state index in [9.17, 15) is 0 Å². The van der Waals surface area contributed by atoms with Gasteiger partial charge in [-0.15, -0.1) is 0 Å². The van der Waals surface area contributed by atoms with Crippen molar-refractivity contribution in [2.24, 2.45) is 0 Å². The molecular formula is C61H54N10O4. The van der Waals surface area contributed by atoms with Gasteiger partial charge in [0.25, 0.3) is 0 Å². The first-order valence-corrected chi connectivity index (χ1v) is 25.1. The fraction of sp³-hybridized carbons (Fsp3) is 0.180. The molecule has 75 heavy (non-hydrogen) atoms. The summed E-state index contributed by atoms with van der Waals surface area (Å²) in [4.78, 5) is 31.3. The van der Waals surface area contributed by atoms with Crippen molar-refractivity contribution >= 4 is 44.1 Å². The number of nitrogens with zero attached hydrogens (tertiary/aromatic N) is 10. The molecule has 12 aromatic rings. The van der Waals surface area contributed by atoms with E-state index in [0.29, 0.717) is 19.5 Å². The zero-order chi connectivity index (χ0) is 51.2. The summed E-state index contributed by atoms with van der Waals surface area (Å²) in [5.41, 5.74) is 15.1. The Morgan fingerprint density at radius 1 is 0.320 bits per heavy atom. The molecule has 0 spiro atoms. The lowest BCUT2D eigenvalue weighted by molar-refractivity contribution is 0.393. The van der Waals surface area contributed by atoms with E-state index in [1.54, 1.807) is 28.4 Å². The maximum Gasteiger partial charge on any atom is 0.160 e. The summed E-state index contributed by atoms with van der Waals surface area (Å²) in [5.74, 6) is 6.05. The molecule has 0 unspecified atom stereocenters. The van der Waals surface area contributed by atoms with Crippen LogP contribution in [0.3, 0.4) is 0 Å². The number of hydrogen-bond acceptors (Lipinski definition) is 10. The molecule has 0 atom stereocenters. The lowest BCUT2D eigenvalue weighted by Crippen LogP contribution is -2.05. The van der Waals surface area contributed by atoms with Crippen LogP contribution in [-0.2, 0) is 32.6 Å². The molecule has 0 bridgehead atoms. The third kappa shape index (κ3) is 8.73. The molecule has 0 radical (unpaired) electrons. The number of para-hydroxylation sites is 4. The van der Waals surface area contributed by atoms with Gasteiger partial charge in [-0.2, -0.15) is 0 Å². The third-order valence-electron chi connectivity index (χ3n) is 13.9. The van der Waals surface area contributed by atoms with Gasteiger partial charge in [-0.05, 0) is 140 Å². The van der Waals surface area contributed by atoms with E-state index in [2.05, 4.69) is 80.6 Å². The van der Waals surface area contributed by atoms with Crippen LogP contribution in [0, 0.1) is 0 Å². The van der Waals surface area contributed by atoms with Gasteiger partial charge >= 0.3 is 0 Å². The Kier molecular flexibility index (Phi) is 12.2. The third-order valence-corrected chi connectivity index (χ3v) is 13.9. The topological polar surface area (TPSA) is 134 Å². The van der Waals surface area contributed by atoms with Crippen molar-refractivity contribution in [2.45, 2.75) is 46.4 Å². The minimum atomic E-state index is 0.542. The SMILES string of the molecule is CCn1c(-c2cccc(-c3nc4ccccc4n3Cc3cc(OC)cc(OC)c3)n2)nc2cc(Cc3ccc4c(c3)nc(-c3cccc(-c5nc6ccccc6n5Cc5cc(OC)cc(OC)c5)n3)n4CC)ccc21. The van der Waals surface area contributed by atoms with Crippen LogP contribution in [0.5, 0.6) is 23.0 Å². The van der Waals surface area contributed by atoms with Gasteiger partial charge in [0, 0.05) is 38.3 Å². The first-order valence-electron chi connectivity index (χ1n) is 25.1. The van der Waals surface area contributed by atoms with E-state index in [0.717, 1.165) is 149 Å². The Morgan fingerprint density at radius 3 is 1.04 bits per heavy atom. The lowest BCUT2D eigenvalue weighted by Gasteiger charge is -2.13. The summed E-state index contributed by atoms with van der Waals surface area (Å²) in [6.45, 7) is 6.83. The standard InChI is InChI=1S/C61H54N10O4/c1-7-68-56-25-23-38(32-52(56)66-58(68)48-17-13-19-50(62-48)60-64-46-15-9-11-21-54(46)70(60)36-40-28-42(72-3)34-43(29-40)73-4)27-39-24-26-57-53(33-39)67-59(69(57)8-2)49-18-14-20-51(63-49)61-65-47-16-10-12-22-55(47)71(61)37-41-30-44(74-5)35-45(31-41)75-6/h9-26,28-35H,7-8,27,36-37H2,1-6H3. The second kappa shape index (κ2) is 19.6. The van der Waals surface area contributed by atoms with Gasteiger partial charge in [-0.1, -0.05) is 48.5 Å². The van der Waals surface area contributed by atoms with Crippen molar-refractivity contribution in [3.63, 3.8) is 0 Å². The highest BCUT2D eigenvalue weighted by Crippen LogP contribution is 2.34. The van der Waals surface area contributed by atoms with Crippen LogP contribution in [0.1, 0.15) is 36.1 Å². The number of benzene rings is 6. The molecule has 0 aliphatic rings. The maximum absolute atomic E-state index is 5.61. The molecule has 12 rings (SSSR count). The Hall–Kier alpha value is -9.30. The van der Waals surface area contributed by atoms with E-state index >= 15 is 0 Å². The second-order valence-electron chi connectivity index (χ2n) is 18.5. The average molecular weight is 991 g/mol. The van der Waals surface area contributed by atoms with Gasteiger partial charge in [0.2, 0.25) is 0 Å². The quantitative estimate of drug-likeness (QED) is 0.0921. The zero-order valence-corrected chi connectivity index (χ0v) is 42.7. The highest BCUT2D eigenvalue weighted by molar-refractivity contribution is 5.85. The van der Waals surface area contributed by atoms with Crippen LogP contribution < -0.4 is 18.9 Å². The van der Waals surface area contributed by atoms with Crippen molar-refractivity contribution in [3.8, 4) is 69.1 Å². The molecule has 14 heteroatoms. The molecule has 14 nitrogen and oxygen atoms in total. The number of fused-ring (bicyclic) bond motifs is 4. The second-order valence-corrected chi connectivity index (χ2v) is 18.5. The van der Waals surface area contributed by atoms with E-state index in [1.807, 2.05) is 109 Å². The average Bonchev–Trinajstić information content (AvgIpc) is 4.24. The molecule has 0 N–H and O–H groups in total. The van der Waals surface area contributed by atoms with Crippen molar-refractivity contribution in [1.82, 2.24) is 48.2 Å². The van der Waals surface area contributed by atoms with Crippen LogP contribution in [0.15, 0.2) is 158 Å². The smallest absolute Gasteiger partial charge is 0.160 e. The van der Waals surface area contributed by atoms with E-state index in [1.165, 1.54) is 0 Å². The van der Waals surface area contributed by atoms with Crippen LogP contribution in [0.4, 0.5) is 0 Å². The number of aromatic nitrogens is 10. The highest BCUT2D eigenvalue weighted by Gasteiger charge is 2.21. The highest BCUT2D eigenvalue weighted by atomic mass is 16.5. The molecule has 0 aliphatic carbocycles. The molecule has 0 saturated heterocycles. The number of methoxy groups -OCH3 is 4. The molecule has 0 aliphatic heterocycles. The van der Waals surface area contributed by atoms with Gasteiger partial charge in [0.05, 0.1) is 72.6 Å². The summed E-state index contributed by atoms with van der Waals surface area (Å²) in [6, 6.07) is 53.5.